The van der Waals surface area contributed by atoms with Gasteiger partial charge < -0.3 is 4.98 Å². The number of rotatable bonds is 4. The predicted molar refractivity (Wildman–Crippen MR) is 40.2 cm³/mol. The maximum atomic E-state index is 4.95. The first kappa shape index (κ1) is 7.79. The van der Waals surface area contributed by atoms with Gasteiger partial charge in [0.25, 0.3) is 0 Å². The average molecular weight is 151 g/mol. The van der Waals surface area contributed by atoms with Gasteiger partial charge in [-0.3, -0.25) is 4.84 Å². The summed E-state index contributed by atoms with van der Waals surface area (Å²) < 4.78 is 0. The number of aromatic nitrogens is 2. The molecule has 0 unspecified atom stereocenters. The number of nitrogens with one attached hydrogen (secondary N) is 2. The Labute approximate surface area is 64.9 Å². The van der Waals surface area contributed by atoms with Crippen molar-refractivity contribution < 1.29 is 4.84 Å². The minimum absolute atomic E-state index is 0.265. The van der Waals surface area contributed by atoms with Gasteiger partial charge in [0, 0.05) is 12.4 Å². The summed E-state index contributed by atoms with van der Waals surface area (Å²) in [6, 6.07) is 0. The fraction of sp³-hybridized carbons (Fsp3) is 0.286. The van der Waals surface area contributed by atoms with E-state index in [-0.39, 0.29) is 6.61 Å². The van der Waals surface area contributed by atoms with Gasteiger partial charge in [-0.25, -0.2) is 4.98 Å². The fourth-order valence-electron chi connectivity index (χ4n) is 0.607. The molecule has 0 aliphatic heterocycles. The Morgan fingerprint density at radius 3 is 3.36 bits per heavy atom. The first-order valence-corrected chi connectivity index (χ1v) is 3.20. The molecule has 1 rings (SSSR count). The summed E-state index contributed by atoms with van der Waals surface area (Å²) >= 11 is 0. The zero-order valence-corrected chi connectivity index (χ0v) is 6.00. The number of hydrogen-bond acceptors (Lipinski definition) is 3. The molecule has 1 aromatic rings. The molecule has 58 valence electrons. The van der Waals surface area contributed by atoms with Gasteiger partial charge in [-0.15, -0.1) is 6.42 Å². The van der Waals surface area contributed by atoms with Gasteiger partial charge in [-0.2, -0.15) is 5.48 Å². The Morgan fingerprint density at radius 2 is 2.73 bits per heavy atom. The van der Waals surface area contributed by atoms with Crippen LogP contribution in [0.1, 0.15) is 5.82 Å². The Morgan fingerprint density at radius 1 is 1.82 bits per heavy atom. The van der Waals surface area contributed by atoms with E-state index in [2.05, 4.69) is 21.4 Å². The highest BCUT2D eigenvalue weighted by Gasteiger charge is 1.91. The smallest absolute Gasteiger partial charge is 0.128 e. The summed E-state index contributed by atoms with van der Waals surface area (Å²) in [5.74, 6) is 3.15. The van der Waals surface area contributed by atoms with E-state index in [1.54, 1.807) is 12.4 Å². The van der Waals surface area contributed by atoms with Gasteiger partial charge in [-0.1, -0.05) is 5.92 Å². The van der Waals surface area contributed by atoms with Crippen LogP contribution in [0.15, 0.2) is 12.4 Å². The second-order valence-corrected chi connectivity index (χ2v) is 1.85. The molecule has 0 atom stereocenters. The van der Waals surface area contributed by atoms with Gasteiger partial charge in [-0.05, 0) is 0 Å². The lowest BCUT2D eigenvalue weighted by atomic mass is 10.6. The third-order valence-corrected chi connectivity index (χ3v) is 1.05. The van der Waals surface area contributed by atoms with E-state index >= 15 is 0 Å². The number of nitrogens with zero attached hydrogens (tertiary/aromatic N) is 1. The highest BCUT2D eigenvalue weighted by molar-refractivity contribution is 4.85. The van der Waals surface area contributed by atoms with Crippen LogP contribution in [0, 0.1) is 12.3 Å². The zero-order valence-electron chi connectivity index (χ0n) is 6.00. The van der Waals surface area contributed by atoms with Crippen LogP contribution < -0.4 is 5.48 Å². The van der Waals surface area contributed by atoms with Crippen LogP contribution in [0.2, 0.25) is 0 Å². The van der Waals surface area contributed by atoms with Crippen molar-refractivity contribution in [3.05, 3.63) is 18.2 Å². The van der Waals surface area contributed by atoms with Crippen molar-refractivity contribution >= 4 is 0 Å². The molecule has 0 radical (unpaired) electrons. The van der Waals surface area contributed by atoms with Crippen molar-refractivity contribution in [2.45, 2.75) is 6.54 Å². The molecule has 0 aromatic carbocycles. The number of H-pyrrole nitrogens is 1. The Hall–Kier alpha value is -1.31. The molecule has 0 amide bonds. The molecule has 1 heterocycles. The number of aromatic amines is 1. The molecular weight excluding hydrogens is 142 g/mol. The molecule has 0 aliphatic rings. The number of hydroxylamine groups is 1. The van der Waals surface area contributed by atoms with E-state index in [1.165, 1.54) is 0 Å². The van der Waals surface area contributed by atoms with E-state index in [0.717, 1.165) is 5.82 Å². The van der Waals surface area contributed by atoms with Crippen molar-refractivity contribution in [1.29, 1.82) is 0 Å². The second-order valence-electron chi connectivity index (χ2n) is 1.85. The van der Waals surface area contributed by atoms with Crippen molar-refractivity contribution in [3.63, 3.8) is 0 Å². The van der Waals surface area contributed by atoms with Gasteiger partial charge >= 0.3 is 0 Å². The summed E-state index contributed by atoms with van der Waals surface area (Å²) in [7, 11) is 0. The van der Waals surface area contributed by atoms with Crippen molar-refractivity contribution in [1.82, 2.24) is 15.4 Å². The van der Waals surface area contributed by atoms with Crippen molar-refractivity contribution in [2.75, 3.05) is 6.61 Å². The largest absolute Gasteiger partial charge is 0.347 e. The molecule has 0 aliphatic carbocycles. The Balaban J connectivity index is 2.10. The van der Waals surface area contributed by atoms with Gasteiger partial charge in [0.1, 0.15) is 12.4 Å². The van der Waals surface area contributed by atoms with E-state index in [1.807, 2.05) is 0 Å². The molecule has 4 nitrogen and oxygen atoms in total. The van der Waals surface area contributed by atoms with Crippen LogP contribution in [0.3, 0.4) is 0 Å². The normalized spacial score (nSPS) is 9.36. The van der Waals surface area contributed by atoms with E-state index < -0.39 is 0 Å². The fourth-order valence-corrected chi connectivity index (χ4v) is 0.607. The number of imidazole rings is 1. The lowest BCUT2D eigenvalue weighted by Gasteiger charge is -1.98. The highest BCUT2D eigenvalue weighted by Crippen LogP contribution is 1.85. The minimum atomic E-state index is 0.265. The molecular formula is C7H9N3O. The topological polar surface area (TPSA) is 49.9 Å². The molecule has 2 N–H and O–H groups in total. The van der Waals surface area contributed by atoms with Crippen molar-refractivity contribution in [2.24, 2.45) is 0 Å². The number of terminal acetylenes is 1. The summed E-state index contributed by atoms with van der Waals surface area (Å²) in [6.45, 7) is 0.801. The average Bonchev–Trinajstić information content (AvgIpc) is 2.50. The summed E-state index contributed by atoms with van der Waals surface area (Å²) in [5, 5.41) is 0. The molecule has 1 aromatic heterocycles. The lowest BCUT2D eigenvalue weighted by molar-refractivity contribution is 0.0600. The maximum absolute atomic E-state index is 4.95. The van der Waals surface area contributed by atoms with Gasteiger partial charge in [0.15, 0.2) is 0 Å². The first-order chi connectivity index (χ1) is 5.43. The van der Waals surface area contributed by atoms with Crippen molar-refractivity contribution in [3.8, 4) is 12.3 Å². The Kier molecular flexibility index (Phi) is 3.19. The van der Waals surface area contributed by atoms with Crippen LogP contribution in [0.5, 0.6) is 0 Å². The lowest BCUT2D eigenvalue weighted by Crippen LogP contribution is -2.14. The first-order valence-electron chi connectivity index (χ1n) is 3.20. The van der Waals surface area contributed by atoms with Crippen LogP contribution in [-0.2, 0) is 11.4 Å². The molecule has 0 spiro atoms. The van der Waals surface area contributed by atoms with Crippen LogP contribution in [0.4, 0.5) is 0 Å². The summed E-state index contributed by atoms with van der Waals surface area (Å²) in [4.78, 5) is 11.7. The third kappa shape index (κ3) is 2.85. The summed E-state index contributed by atoms with van der Waals surface area (Å²) in [6.07, 6.45) is 8.38. The second kappa shape index (κ2) is 4.50. The van der Waals surface area contributed by atoms with Crippen LogP contribution in [0.25, 0.3) is 0 Å². The molecule has 0 bridgehead atoms. The third-order valence-electron chi connectivity index (χ3n) is 1.05. The quantitative estimate of drug-likeness (QED) is 0.363. The zero-order chi connectivity index (χ0) is 7.94. The molecule has 0 fully saturated rings. The van der Waals surface area contributed by atoms with Gasteiger partial charge in [0.2, 0.25) is 0 Å². The molecule has 4 heteroatoms. The molecule has 0 saturated heterocycles. The molecule has 0 saturated carbocycles. The predicted octanol–water partition coefficient (Wildman–Crippen LogP) is 0.0641. The number of hydrogen-bond donors (Lipinski definition) is 2. The summed E-state index contributed by atoms with van der Waals surface area (Å²) in [5.41, 5.74) is 2.65. The van der Waals surface area contributed by atoms with E-state index in [0.29, 0.717) is 6.54 Å². The standard InChI is InChI=1S/C7H9N3O/c1-2-5-11-10-6-7-8-3-4-9-7/h1,3-4,10H,5-6H2,(H,8,9). The van der Waals surface area contributed by atoms with E-state index in [4.69, 9.17) is 11.3 Å². The monoisotopic (exact) mass is 151 g/mol. The van der Waals surface area contributed by atoms with Gasteiger partial charge in [0.05, 0.1) is 6.54 Å². The van der Waals surface area contributed by atoms with Crippen LogP contribution in [-0.4, -0.2) is 16.6 Å². The highest BCUT2D eigenvalue weighted by atomic mass is 16.6. The minimum Gasteiger partial charge on any atom is -0.347 e. The Bertz CT molecular complexity index is 224. The molecule has 11 heavy (non-hydrogen) atoms. The maximum Gasteiger partial charge on any atom is 0.128 e. The van der Waals surface area contributed by atoms with Crippen LogP contribution >= 0.6 is 0 Å². The van der Waals surface area contributed by atoms with E-state index in [9.17, 15) is 0 Å². The SMILES string of the molecule is C#CCONCc1ncc[nH]1.